The van der Waals surface area contributed by atoms with Crippen molar-refractivity contribution in [1.29, 1.82) is 0 Å². The summed E-state index contributed by atoms with van der Waals surface area (Å²) in [4.78, 5) is 32.0. The van der Waals surface area contributed by atoms with E-state index in [4.69, 9.17) is 0 Å². The number of amides is 2. The van der Waals surface area contributed by atoms with E-state index in [1.54, 1.807) is 29.2 Å². The zero-order chi connectivity index (χ0) is 20.9. The number of imidazole rings is 1. The summed E-state index contributed by atoms with van der Waals surface area (Å²) in [7, 11) is 0. The number of nitrogens with one attached hydrogen (secondary N) is 1. The number of nitrogens with zero attached hydrogens (tertiary/aromatic N) is 3. The molecule has 2 amide bonds. The fraction of sp³-hybridized carbons (Fsp3) is 0.261. The van der Waals surface area contributed by atoms with Crippen LogP contribution in [0.2, 0.25) is 0 Å². The van der Waals surface area contributed by atoms with Gasteiger partial charge in [-0.3, -0.25) is 9.59 Å². The van der Waals surface area contributed by atoms with Gasteiger partial charge in [0.05, 0.1) is 12.2 Å². The number of rotatable bonds is 7. The highest BCUT2D eigenvalue weighted by Crippen LogP contribution is 2.28. The number of aromatic nitrogens is 2. The molecule has 1 aliphatic rings. The minimum Gasteiger partial charge on any atom is -0.352 e. The summed E-state index contributed by atoms with van der Waals surface area (Å²) in [6, 6.07) is 16.0. The predicted octanol–water partition coefficient (Wildman–Crippen LogP) is 3.32. The number of carbonyl (C=O) groups is 2. The Morgan fingerprint density at radius 2 is 2.00 bits per heavy atom. The van der Waals surface area contributed by atoms with Crippen LogP contribution < -0.4 is 10.2 Å². The third-order valence-corrected chi connectivity index (χ3v) is 6.00. The van der Waals surface area contributed by atoms with Crippen LogP contribution in [0.4, 0.5) is 5.69 Å². The number of anilines is 1. The lowest BCUT2D eigenvalue weighted by Gasteiger charge is -2.17. The second-order valence-corrected chi connectivity index (χ2v) is 8.26. The summed E-state index contributed by atoms with van der Waals surface area (Å²) < 4.78 is 2.01. The van der Waals surface area contributed by atoms with Crippen molar-refractivity contribution in [3.63, 3.8) is 0 Å². The summed E-state index contributed by atoms with van der Waals surface area (Å²) >= 11 is 1.64. The highest BCUT2D eigenvalue weighted by atomic mass is 32.2. The van der Waals surface area contributed by atoms with Crippen molar-refractivity contribution in [1.82, 2.24) is 14.9 Å². The molecule has 7 heteroatoms. The van der Waals surface area contributed by atoms with E-state index in [1.807, 2.05) is 53.4 Å². The van der Waals surface area contributed by atoms with Crippen LogP contribution in [0.3, 0.4) is 0 Å². The van der Waals surface area contributed by atoms with Gasteiger partial charge in [0.15, 0.2) is 0 Å². The topological polar surface area (TPSA) is 67.2 Å². The standard InChI is InChI=1S/C23H24N4O2S/c1-30-21-4-2-3-20(12-21)27-15-19(11-22(27)28)23(29)25-13-17-5-7-18(8-6-17)14-26-10-9-24-16-26/h2-10,12,16,19H,11,13-15H2,1H3,(H,25,29)/t19-/m1/s1. The fourth-order valence-corrected chi connectivity index (χ4v) is 4.05. The molecule has 0 unspecified atom stereocenters. The Labute approximate surface area is 180 Å². The van der Waals surface area contributed by atoms with Crippen molar-refractivity contribution < 1.29 is 9.59 Å². The molecule has 1 N–H and O–H groups in total. The van der Waals surface area contributed by atoms with Gasteiger partial charge in [0.2, 0.25) is 11.8 Å². The first kappa shape index (κ1) is 20.2. The van der Waals surface area contributed by atoms with E-state index in [1.165, 1.54) is 5.56 Å². The Balaban J connectivity index is 1.31. The number of thioether (sulfide) groups is 1. The molecule has 0 saturated carbocycles. The molecule has 1 aromatic heterocycles. The molecule has 4 rings (SSSR count). The van der Waals surface area contributed by atoms with Gasteiger partial charge in [-0.25, -0.2) is 4.98 Å². The van der Waals surface area contributed by atoms with Crippen molar-refractivity contribution in [3.05, 3.63) is 78.4 Å². The van der Waals surface area contributed by atoms with E-state index < -0.39 is 0 Å². The Kier molecular flexibility index (Phi) is 6.18. The van der Waals surface area contributed by atoms with E-state index >= 15 is 0 Å². The molecule has 1 saturated heterocycles. The summed E-state index contributed by atoms with van der Waals surface area (Å²) in [5.41, 5.74) is 3.06. The maximum absolute atomic E-state index is 12.6. The van der Waals surface area contributed by atoms with E-state index in [0.29, 0.717) is 13.1 Å². The Morgan fingerprint density at radius 3 is 2.73 bits per heavy atom. The van der Waals surface area contributed by atoms with Crippen LogP contribution in [-0.2, 0) is 22.7 Å². The molecule has 154 valence electrons. The minimum absolute atomic E-state index is 0.00254. The lowest BCUT2D eigenvalue weighted by molar-refractivity contribution is -0.126. The molecule has 2 aromatic carbocycles. The largest absolute Gasteiger partial charge is 0.352 e. The third-order valence-electron chi connectivity index (χ3n) is 5.27. The lowest BCUT2D eigenvalue weighted by atomic mass is 10.1. The van der Waals surface area contributed by atoms with Crippen molar-refractivity contribution in [2.75, 3.05) is 17.7 Å². The summed E-state index contributed by atoms with van der Waals surface area (Å²) in [5, 5.41) is 2.98. The monoisotopic (exact) mass is 420 g/mol. The van der Waals surface area contributed by atoms with Gasteiger partial charge in [0, 0.05) is 49.0 Å². The maximum atomic E-state index is 12.6. The van der Waals surface area contributed by atoms with Crippen LogP contribution in [0.1, 0.15) is 17.5 Å². The highest BCUT2D eigenvalue weighted by molar-refractivity contribution is 7.98. The lowest BCUT2D eigenvalue weighted by Crippen LogP contribution is -2.32. The summed E-state index contributed by atoms with van der Waals surface area (Å²) in [5.74, 6) is -0.400. The number of hydrogen-bond donors (Lipinski definition) is 1. The SMILES string of the molecule is CSc1cccc(N2C[C@H](C(=O)NCc3ccc(Cn4ccnc4)cc3)CC2=O)c1. The molecule has 1 fully saturated rings. The van der Waals surface area contributed by atoms with Crippen LogP contribution in [0.15, 0.2) is 72.1 Å². The van der Waals surface area contributed by atoms with Crippen molar-refractivity contribution in [2.24, 2.45) is 5.92 Å². The first-order chi connectivity index (χ1) is 14.6. The molecule has 3 aromatic rings. The van der Waals surface area contributed by atoms with Gasteiger partial charge >= 0.3 is 0 Å². The van der Waals surface area contributed by atoms with E-state index in [-0.39, 0.29) is 24.2 Å². The Morgan fingerprint density at radius 1 is 1.20 bits per heavy atom. The van der Waals surface area contributed by atoms with E-state index in [0.717, 1.165) is 22.7 Å². The second kappa shape index (κ2) is 9.17. The van der Waals surface area contributed by atoms with Crippen molar-refractivity contribution in [2.45, 2.75) is 24.4 Å². The van der Waals surface area contributed by atoms with E-state index in [2.05, 4.69) is 22.4 Å². The van der Waals surface area contributed by atoms with Crippen LogP contribution in [0, 0.1) is 5.92 Å². The number of carbonyl (C=O) groups excluding carboxylic acids is 2. The maximum Gasteiger partial charge on any atom is 0.227 e. The molecule has 0 bridgehead atoms. The predicted molar refractivity (Wildman–Crippen MR) is 118 cm³/mol. The first-order valence-electron chi connectivity index (χ1n) is 9.88. The molecule has 2 heterocycles. The normalized spacial score (nSPS) is 16.1. The minimum atomic E-state index is -0.323. The van der Waals surface area contributed by atoms with Crippen LogP contribution in [0.5, 0.6) is 0 Å². The molecule has 0 aliphatic carbocycles. The zero-order valence-corrected chi connectivity index (χ0v) is 17.6. The van der Waals surface area contributed by atoms with Gasteiger partial charge < -0.3 is 14.8 Å². The molecule has 1 atom stereocenters. The number of hydrogen-bond acceptors (Lipinski definition) is 4. The van der Waals surface area contributed by atoms with Gasteiger partial charge in [0.25, 0.3) is 0 Å². The van der Waals surface area contributed by atoms with Crippen LogP contribution in [0.25, 0.3) is 0 Å². The first-order valence-corrected chi connectivity index (χ1v) is 11.1. The Hall–Kier alpha value is -3.06. The van der Waals surface area contributed by atoms with Crippen molar-refractivity contribution in [3.8, 4) is 0 Å². The van der Waals surface area contributed by atoms with Crippen LogP contribution >= 0.6 is 11.8 Å². The average Bonchev–Trinajstić information content (AvgIpc) is 3.42. The smallest absolute Gasteiger partial charge is 0.227 e. The van der Waals surface area contributed by atoms with Gasteiger partial charge in [-0.1, -0.05) is 30.3 Å². The Bertz CT molecular complexity index is 1020. The molecule has 1 aliphatic heterocycles. The van der Waals surface area contributed by atoms with Gasteiger partial charge in [-0.2, -0.15) is 0 Å². The molecular formula is C23H24N4O2S. The average molecular weight is 421 g/mol. The van der Waals surface area contributed by atoms with Crippen molar-refractivity contribution >= 4 is 29.3 Å². The quantitative estimate of drug-likeness (QED) is 0.596. The van der Waals surface area contributed by atoms with E-state index in [9.17, 15) is 9.59 Å². The highest BCUT2D eigenvalue weighted by Gasteiger charge is 2.35. The van der Waals surface area contributed by atoms with Crippen LogP contribution in [-0.4, -0.2) is 34.2 Å². The van der Waals surface area contributed by atoms with Gasteiger partial charge in [-0.15, -0.1) is 11.8 Å². The second-order valence-electron chi connectivity index (χ2n) is 7.38. The molecule has 6 nitrogen and oxygen atoms in total. The fourth-order valence-electron chi connectivity index (χ4n) is 3.60. The number of benzene rings is 2. The summed E-state index contributed by atoms with van der Waals surface area (Å²) in [6.07, 6.45) is 7.73. The van der Waals surface area contributed by atoms with Gasteiger partial charge in [-0.05, 0) is 35.6 Å². The molecule has 30 heavy (non-hydrogen) atoms. The molecular weight excluding hydrogens is 396 g/mol. The molecule has 0 spiro atoms. The van der Waals surface area contributed by atoms with Gasteiger partial charge in [0.1, 0.15) is 0 Å². The summed E-state index contributed by atoms with van der Waals surface area (Å²) in [6.45, 7) is 1.65. The third kappa shape index (κ3) is 4.74. The molecule has 0 radical (unpaired) electrons. The zero-order valence-electron chi connectivity index (χ0n) is 16.8.